The van der Waals surface area contributed by atoms with Gasteiger partial charge in [-0.1, -0.05) is 6.42 Å². The van der Waals surface area contributed by atoms with E-state index in [1.165, 1.54) is 7.11 Å². The van der Waals surface area contributed by atoms with Crippen molar-refractivity contribution >= 4 is 17.6 Å². The van der Waals surface area contributed by atoms with Gasteiger partial charge < -0.3 is 14.8 Å². The summed E-state index contributed by atoms with van der Waals surface area (Å²) in [6.07, 6.45) is 2.77. The van der Waals surface area contributed by atoms with E-state index in [4.69, 9.17) is 4.74 Å². The van der Waals surface area contributed by atoms with Crippen LogP contribution in [0.3, 0.4) is 0 Å². The third kappa shape index (κ3) is 1.85. The second kappa shape index (κ2) is 4.26. The molecule has 3 rings (SSSR count). The summed E-state index contributed by atoms with van der Waals surface area (Å²) in [5.74, 6) is 0.128. The molecular weight excluding hydrogens is 246 g/mol. The number of esters is 1. The van der Waals surface area contributed by atoms with E-state index >= 15 is 0 Å². The summed E-state index contributed by atoms with van der Waals surface area (Å²) in [5.41, 5.74) is 0.645. The van der Waals surface area contributed by atoms with Crippen LogP contribution in [0.2, 0.25) is 0 Å². The number of hydrogen-bond acceptors (Lipinski definition) is 4. The van der Waals surface area contributed by atoms with Crippen molar-refractivity contribution in [1.82, 2.24) is 0 Å². The predicted molar refractivity (Wildman–Crippen MR) is 68.2 cm³/mol. The molecule has 100 valence electrons. The zero-order valence-electron chi connectivity index (χ0n) is 10.7. The Morgan fingerprint density at radius 1 is 1.42 bits per heavy atom. The molecule has 19 heavy (non-hydrogen) atoms. The fourth-order valence-electron chi connectivity index (χ4n) is 2.50. The van der Waals surface area contributed by atoms with E-state index in [9.17, 15) is 9.59 Å². The van der Waals surface area contributed by atoms with Crippen molar-refractivity contribution in [2.75, 3.05) is 19.0 Å². The Morgan fingerprint density at radius 2 is 2.21 bits per heavy atom. The molecule has 0 bridgehead atoms. The molecule has 2 aliphatic rings. The lowest BCUT2D eigenvalue weighted by molar-refractivity contribution is -0.132. The fraction of sp³-hybridized carbons (Fsp3) is 0.429. The summed E-state index contributed by atoms with van der Waals surface area (Å²) in [6.45, 7) is 0.371. The molecule has 5 nitrogen and oxygen atoms in total. The first kappa shape index (κ1) is 12.0. The zero-order valence-corrected chi connectivity index (χ0v) is 10.7. The zero-order chi connectivity index (χ0) is 13.5. The van der Waals surface area contributed by atoms with Gasteiger partial charge in [0.15, 0.2) is 0 Å². The molecule has 1 N–H and O–H groups in total. The van der Waals surface area contributed by atoms with Crippen molar-refractivity contribution < 1.29 is 19.1 Å². The predicted octanol–water partition coefficient (Wildman–Crippen LogP) is 1.97. The number of hydrogen-bond donors (Lipinski definition) is 1. The first-order chi connectivity index (χ1) is 9.14. The lowest BCUT2D eigenvalue weighted by atomic mass is 9.69. The van der Waals surface area contributed by atoms with Gasteiger partial charge in [-0.05, 0) is 31.0 Å². The summed E-state index contributed by atoms with van der Waals surface area (Å²) in [7, 11) is 1.33. The molecule has 5 heteroatoms. The first-order valence-corrected chi connectivity index (χ1v) is 6.31. The Morgan fingerprint density at radius 3 is 2.84 bits per heavy atom. The Balaban J connectivity index is 1.92. The van der Waals surface area contributed by atoms with Gasteiger partial charge in [0.1, 0.15) is 12.4 Å². The quantitative estimate of drug-likeness (QED) is 0.785. The number of carbonyl (C=O) groups excluding carboxylic acids is 2. The van der Waals surface area contributed by atoms with Crippen LogP contribution in [0.15, 0.2) is 18.2 Å². The maximum atomic E-state index is 12.2. The Bertz CT molecular complexity index is 548. The molecule has 0 saturated heterocycles. The van der Waals surface area contributed by atoms with Crippen LogP contribution in [-0.4, -0.2) is 25.6 Å². The first-order valence-electron chi connectivity index (χ1n) is 6.31. The van der Waals surface area contributed by atoms with Crippen molar-refractivity contribution in [1.29, 1.82) is 0 Å². The topological polar surface area (TPSA) is 64.6 Å². The molecule has 1 fully saturated rings. The highest BCUT2D eigenvalue weighted by molar-refractivity contribution is 5.99. The third-order valence-corrected chi connectivity index (χ3v) is 3.95. The van der Waals surface area contributed by atoms with Crippen LogP contribution < -0.4 is 10.1 Å². The number of ether oxygens (including phenoxy) is 2. The van der Waals surface area contributed by atoms with Crippen molar-refractivity contribution in [2.24, 2.45) is 5.41 Å². The molecule has 1 aliphatic carbocycles. The van der Waals surface area contributed by atoms with Gasteiger partial charge in [0.25, 0.3) is 0 Å². The van der Waals surface area contributed by atoms with Gasteiger partial charge in [-0.3, -0.25) is 4.79 Å². The minimum atomic E-state index is -0.416. The van der Waals surface area contributed by atoms with Crippen LogP contribution in [-0.2, 0) is 9.53 Å². The molecule has 1 amide bonds. The fourth-order valence-corrected chi connectivity index (χ4v) is 2.50. The van der Waals surface area contributed by atoms with E-state index < -0.39 is 5.97 Å². The Labute approximate surface area is 110 Å². The third-order valence-electron chi connectivity index (χ3n) is 3.95. The molecule has 1 aliphatic heterocycles. The van der Waals surface area contributed by atoms with E-state index in [0.29, 0.717) is 23.6 Å². The molecule has 0 unspecified atom stereocenters. The van der Waals surface area contributed by atoms with Gasteiger partial charge in [0, 0.05) is 0 Å². The smallest absolute Gasteiger partial charge is 0.337 e. The van der Waals surface area contributed by atoms with E-state index in [-0.39, 0.29) is 11.3 Å². The largest absolute Gasteiger partial charge is 0.490 e. The van der Waals surface area contributed by atoms with Gasteiger partial charge >= 0.3 is 5.97 Å². The highest BCUT2D eigenvalue weighted by Crippen LogP contribution is 2.45. The lowest BCUT2D eigenvalue weighted by Crippen LogP contribution is -2.45. The maximum absolute atomic E-state index is 12.2. The van der Waals surface area contributed by atoms with Crippen molar-refractivity contribution in [2.45, 2.75) is 19.3 Å². The molecule has 0 radical (unpaired) electrons. The normalized spacial score (nSPS) is 19.5. The van der Waals surface area contributed by atoms with Crippen LogP contribution >= 0.6 is 0 Å². The minimum Gasteiger partial charge on any atom is -0.490 e. The summed E-state index contributed by atoms with van der Waals surface area (Å²) < 4.78 is 10.4. The number of amides is 1. The molecule has 1 aromatic carbocycles. The molecule has 1 heterocycles. The van der Waals surface area contributed by atoms with Gasteiger partial charge in [0.05, 0.1) is 23.8 Å². The number of benzene rings is 1. The highest BCUT2D eigenvalue weighted by Gasteiger charge is 2.46. The number of nitrogens with one attached hydrogen (secondary N) is 1. The maximum Gasteiger partial charge on any atom is 0.337 e. The molecule has 1 spiro atoms. The van der Waals surface area contributed by atoms with Gasteiger partial charge in [0.2, 0.25) is 5.91 Å². The summed E-state index contributed by atoms with van der Waals surface area (Å²) in [5, 5.41) is 2.88. The van der Waals surface area contributed by atoms with Gasteiger partial charge in [-0.25, -0.2) is 4.79 Å². The number of anilines is 1. The standard InChI is InChI=1S/C14H15NO4/c1-18-12(16)9-3-4-10-11(7-9)19-8-14(5-2-6-14)13(17)15-10/h3-4,7H,2,5-6,8H2,1H3,(H,15,17). The minimum absolute atomic E-state index is 0.0170. The SMILES string of the molecule is COC(=O)c1ccc2c(c1)OCC1(CCC1)C(=O)N2. The molecule has 0 aromatic heterocycles. The number of carbonyl (C=O) groups is 2. The summed E-state index contributed by atoms with van der Waals surface area (Å²) in [6, 6.07) is 4.91. The van der Waals surface area contributed by atoms with Crippen molar-refractivity contribution in [3.05, 3.63) is 23.8 Å². The molecule has 0 atom stereocenters. The Kier molecular flexibility index (Phi) is 2.69. The summed E-state index contributed by atoms with van der Waals surface area (Å²) in [4.78, 5) is 23.7. The second-order valence-corrected chi connectivity index (χ2v) is 5.08. The monoisotopic (exact) mass is 261 g/mol. The lowest BCUT2D eigenvalue weighted by Gasteiger charge is -2.37. The van der Waals surface area contributed by atoms with Gasteiger partial charge in [-0.15, -0.1) is 0 Å². The number of methoxy groups -OCH3 is 1. The molecule has 1 aromatic rings. The van der Waals surface area contributed by atoms with E-state index in [1.807, 2.05) is 0 Å². The van der Waals surface area contributed by atoms with Crippen LogP contribution in [0.25, 0.3) is 0 Å². The number of fused-ring (bicyclic) bond motifs is 1. The highest BCUT2D eigenvalue weighted by atomic mass is 16.5. The molecule has 1 saturated carbocycles. The van der Waals surface area contributed by atoms with Crippen LogP contribution in [0.5, 0.6) is 5.75 Å². The van der Waals surface area contributed by atoms with E-state index in [1.54, 1.807) is 18.2 Å². The van der Waals surface area contributed by atoms with Crippen LogP contribution in [0.1, 0.15) is 29.6 Å². The number of rotatable bonds is 1. The van der Waals surface area contributed by atoms with E-state index in [0.717, 1.165) is 19.3 Å². The molecular formula is C14H15NO4. The van der Waals surface area contributed by atoms with Crippen molar-refractivity contribution in [3.8, 4) is 5.75 Å². The van der Waals surface area contributed by atoms with Crippen molar-refractivity contribution in [3.63, 3.8) is 0 Å². The van der Waals surface area contributed by atoms with Crippen LogP contribution in [0.4, 0.5) is 5.69 Å². The average Bonchev–Trinajstić information content (AvgIpc) is 2.52. The second-order valence-electron chi connectivity index (χ2n) is 5.08. The average molecular weight is 261 g/mol. The van der Waals surface area contributed by atoms with E-state index in [2.05, 4.69) is 10.1 Å². The van der Waals surface area contributed by atoms with Crippen LogP contribution in [0, 0.1) is 5.41 Å². The van der Waals surface area contributed by atoms with Gasteiger partial charge in [-0.2, -0.15) is 0 Å². The Hall–Kier alpha value is -2.04. The summed E-state index contributed by atoms with van der Waals surface area (Å²) >= 11 is 0.